The van der Waals surface area contributed by atoms with E-state index in [1.54, 1.807) is 19.4 Å². The topological polar surface area (TPSA) is 50.5 Å². The van der Waals surface area contributed by atoms with E-state index >= 15 is 0 Å². The Morgan fingerprint density at radius 2 is 2.38 bits per heavy atom. The van der Waals surface area contributed by atoms with Crippen LogP contribution in [0.3, 0.4) is 0 Å². The maximum atomic E-state index is 10.9. The van der Waals surface area contributed by atoms with Gasteiger partial charge in [0, 0.05) is 13.2 Å². The highest BCUT2D eigenvalue weighted by Crippen LogP contribution is 2.22. The first-order chi connectivity index (χ1) is 7.67. The molecule has 5 nitrogen and oxygen atoms in total. The highest BCUT2D eigenvalue weighted by atomic mass is 79.9. The Hall–Kier alpha value is -1.43. The number of anilines is 1. The zero-order chi connectivity index (χ0) is 11.7. The second kappa shape index (κ2) is 4.21. The van der Waals surface area contributed by atoms with Crippen molar-refractivity contribution < 1.29 is 4.79 Å². The van der Waals surface area contributed by atoms with Crippen molar-refractivity contribution in [3.8, 4) is 0 Å². The van der Waals surface area contributed by atoms with Gasteiger partial charge in [0.1, 0.15) is 10.4 Å². The van der Waals surface area contributed by atoms with Crippen molar-refractivity contribution in [2.45, 2.75) is 13.3 Å². The Balaban J connectivity index is 2.75. The summed E-state index contributed by atoms with van der Waals surface area (Å²) in [6.07, 6.45) is 5.02. The minimum atomic E-state index is 0.709. The molecule has 0 spiro atoms. The summed E-state index contributed by atoms with van der Waals surface area (Å²) in [6, 6.07) is 0. The molecular weight excluding hydrogens is 272 g/mol. The van der Waals surface area contributed by atoms with Crippen LogP contribution in [-0.2, 0) is 11.2 Å². The van der Waals surface area contributed by atoms with Crippen LogP contribution in [0.5, 0.6) is 0 Å². The summed E-state index contributed by atoms with van der Waals surface area (Å²) in [7, 11) is 1.71. The Morgan fingerprint density at radius 1 is 1.62 bits per heavy atom. The second-order valence-electron chi connectivity index (χ2n) is 3.39. The van der Waals surface area contributed by atoms with E-state index < -0.39 is 0 Å². The lowest BCUT2D eigenvalue weighted by atomic mass is 10.3. The van der Waals surface area contributed by atoms with Gasteiger partial charge < -0.3 is 4.90 Å². The van der Waals surface area contributed by atoms with Crippen LogP contribution >= 0.6 is 15.9 Å². The lowest BCUT2D eigenvalue weighted by Gasteiger charge is -2.11. The molecule has 0 radical (unpaired) electrons. The summed E-state index contributed by atoms with van der Waals surface area (Å²) in [5.74, 6) is 0.788. The van der Waals surface area contributed by atoms with Crippen LogP contribution in [0.4, 0.5) is 5.82 Å². The number of carbonyl (C=O) groups excluding carboxylic acids is 1. The monoisotopic (exact) mass is 282 g/mol. The van der Waals surface area contributed by atoms with Gasteiger partial charge in [-0.1, -0.05) is 6.92 Å². The zero-order valence-electron chi connectivity index (χ0n) is 9.01. The predicted octanol–water partition coefficient (Wildman–Crippen LogP) is 1.65. The quantitative estimate of drug-likeness (QED) is 0.805. The van der Waals surface area contributed by atoms with Crippen LogP contribution in [0, 0.1) is 0 Å². The van der Waals surface area contributed by atoms with Crippen molar-refractivity contribution in [1.82, 2.24) is 14.4 Å². The van der Waals surface area contributed by atoms with Crippen LogP contribution in [0.25, 0.3) is 5.65 Å². The maximum Gasteiger partial charge on any atom is 0.215 e. The van der Waals surface area contributed by atoms with Gasteiger partial charge in [-0.05, 0) is 22.4 Å². The molecule has 0 unspecified atom stereocenters. The Bertz CT molecular complexity index is 537. The fourth-order valence-corrected chi connectivity index (χ4v) is 1.94. The van der Waals surface area contributed by atoms with E-state index in [1.165, 1.54) is 4.90 Å². The third kappa shape index (κ3) is 1.69. The van der Waals surface area contributed by atoms with Gasteiger partial charge in [0.05, 0.1) is 11.9 Å². The average Bonchev–Trinajstić information content (AvgIpc) is 2.65. The summed E-state index contributed by atoms with van der Waals surface area (Å²) in [5, 5.41) is 0. The van der Waals surface area contributed by atoms with Crippen molar-refractivity contribution >= 4 is 33.8 Å². The van der Waals surface area contributed by atoms with E-state index in [0.29, 0.717) is 4.60 Å². The molecule has 2 aromatic rings. The lowest BCUT2D eigenvalue weighted by Crippen LogP contribution is -2.17. The first-order valence-electron chi connectivity index (χ1n) is 4.88. The van der Waals surface area contributed by atoms with Crippen LogP contribution < -0.4 is 4.90 Å². The fraction of sp³-hybridized carbons (Fsp3) is 0.300. The van der Waals surface area contributed by atoms with Gasteiger partial charge in [-0.15, -0.1) is 0 Å². The van der Waals surface area contributed by atoms with E-state index in [1.807, 2.05) is 11.3 Å². The van der Waals surface area contributed by atoms with Crippen molar-refractivity contribution in [3.05, 3.63) is 22.7 Å². The molecule has 0 aromatic carbocycles. The molecule has 0 atom stereocenters. The van der Waals surface area contributed by atoms with Gasteiger partial charge in [0.15, 0.2) is 5.65 Å². The number of amides is 1. The van der Waals surface area contributed by atoms with E-state index in [4.69, 9.17) is 0 Å². The molecule has 2 heterocycles. The van der Waals surface area contributed by atoms with E-state index in [2.05, 4.69) is 25.9 Å². The number of carbonyl (C=O) groups is 1. The third-order valence-electron chi connectivity index (χ3n) is 2.35. The molecule has 0 aliphatic carbocycles. The van der Waals surface area contributed by atoms with Crippen molar-refractivity contribution in [3.63, 3.8) is 0 Å². The van der Waals surface area contributed by atoms with Crippen LogP contribution in [0.15, 0.2) is 17.0 Å². The number of imidazole rings is 1. The molecule has 0 saturated carbocycles. The molecule has 16 heavy (non-hydrogen) atoms. The normalized spacial score (nSPS) is 10.7. The largest absolute Gasteiger partial charge is 0.302 e. The standard InChI is InChI=1S/C10H11BrN4O/c1-3-7-10(14(2)6-16)15-5-8(11)12-4-9(15)13-7/h4-6H,3H2,1-2H3. The van der Waals surface area contributed by atoms with Gasteiger partial charge in [0.2, 0.25) is 6.41 Å². The molecule has 0 saturated heterocycles. The number of nitrogens with zero attached hydrogens (tertiary/aromatic N) is 4. The number of aryl methyl sites for hydroxylation is 1. The number of hydrogen-bond donors (Lipinski definition) is 0. The SMILES string of the molecule is CCc1nc2cnc(Br)cn2c1N(C)C=O. The number of halogens is 1. The highest BCUT2D eigenvalue weighted by Gasteiger charge is 2.14. The molecule has 1 amide bonds. The Morgan fingerprint density at radius 3 is 3.00 bits per heavy atom. The van der Waals surface area contributed by atoms with Gasteiger partial charge >= 0.3 is 0 Å². The molecule has 2 rings (SSSR count). The van der Waals surface area contributed by atoms with Crippen LogP contribution in [0.1, 0.15) is 12.6 Å². The third-order valence-corrected chi connectivity index (χ3v) is 2.76. The van der Waals surface area contributed by atoms with Crippen LogP contribution in [-0.4, -0.2) is 27.8 Å². The first-order valence-corrected chi connectivity index (χ1v) is 5.67. The maximum absolute atomic E-state index is 10.9. The summed E-state index contributed by atoms with van der Waals surface area (Å²) in [5.41, 5.74) is 1.62. The molecular formula is C10H11BrN4O. The molecule has 0 aliphatic heterocycles. The molecule has 0 bridgehead atoms. The van der Waals surface area contributed by atoms with E-state index in [-0.39, 0.29) is 0 Å². The molecule has 2 aromatic heterocycles. The van der Waals surface area contributed by atoms with Gasteiger partial charge in [-0.25, -0.2) is 9.97 Å². The van der Waals surface area contributed by atoms with Crippen LogP contribution in [0.2, 0.25) is 0 Å². The minimum Gasteiger partial charge on any atom is -0.302 e. The Labute approximate surface area is 101 Å². The summed E-state index contributed by atoms with van der Waals surface area (Å²) >= 11 is 3.30. The number of rotatable bonds is 3. The lowest BCUT2D eigenvalue weighted by molar-refractivity contribution is -0.107. The average molecular weight is 283 g/mol. The molecule has 0 aliphatic rings. The van der Waals surface area contributed by atoms with Gasteiger partial charge in [-0.3, -0.25) is 9.20 Å². The number of hydrogen-bond acceptors (Lipinski definition) is 3. The smallest absolute Gasteiger partial charge is 0.215 e. The minimum absolute atomic E-state index is 0.709. The number of fused-ring (bicyclic) bond motifs is 1. The summed E-state index contributed by atoms with van der Waals surface area (Å²) in [4.78, 5) is 20.9. The number of aromatic nitrogens is 3. The fourth-order valence-electron chi connectivity index (χ4n) is 1.63. The molecule has 84 valence electrons. The van der Waals surface area contributed by atoms with Gasteiger partial charge in [-0.2, -0.15) is 0 Å². The molecule has 6 heteroatoms. The van der Waals surface area contributed by atoms with Gasteiger partial charge in [0.25, 0.3) is 0 Å². The van der Waals surface area contributed by atoms with E-state index in [0.717, 1.165) is 30.0 Å². The highest BCUT2D eigenvalue weighted by molar-refractivity contribution is 9.10. The zero-order valence-corrected chi connectivity index (χ0v) is 10.6. The van der Waals surface area contributed by atoms with Crippen molar-refractivity contribution in [1.29, 1.82) is 0 Å². The second-order valence-corrected chi connectivity index (χ2v) is 4.20. The van der Waals surface area contributed by atoms with Crippen molar-refractivity contribution in [2.75, 3.05) is 11.9 Å². The molecule has 0 N–H and O–H groups in total. The summed E-state index contributed by atoms with van der Waals surface area (Å²) in [6.45, 7) is 2.01. The Kier molecular flexibility index (Phi) is 2.91. The van der Waals surface area contributed by atoms with Crippen molar-refractivity contribution in [2.24, 2.45) is 0 Å². The summed E-state index contributed by atoms with van der Waals surface area (Å²) < 4.78 is 2.56. The molecule has 0 fully saturated rings. The van der Waals surface area contributed by atoms with E-state index in [9.17, 15) is 4.79 Å². The predicted molar refractivity (Wildman–Crippen MR) is 64.5 cm³/mol. The first kappa shape index (κ1) is 11.1.